The summed E-state index contributed by atoms with van der Waals surface area (Å²) in [6, 6.07) is 5.93. The topological polar surface area (TPSA) is 44.3 Å². The number of benzene rings is 1. The van der Waals surface area contributed by atoms with Crippen LogP contribution in [0.2, 0.25) is 0 Å². The summed E-state index contributed by atoms with van der Waals surface area (Å²) in [5.74, 6) is 0. The Balaban J connectivity index is 2.34. The molecule has 0 spiro atoms. The largest absolute Gasteiger partial charge is 0.392 e. The van der Waals surface area contributed by atoms with E-state index in [2.05, 4.69) is 24.5 Å². The summed E-state index contributed by atoms with van der Waals surface area (Å²) in [7, 11) is 0. The molecule has 0 atom stereocenters. The summed E-state index contributed by atoms with van der Waals surface area (Å²) in [5, 5.41) is 15.8. The third-order valence-corrected chi connectivity index (χ3v) is 2.46. The van der Waals surface area contributed by atoms with Crippen molar-refractivity contribution in [3.05, 3.63) is 23.8 Å². The van der Waals surface area contributed by atoms with E-state index >= 15 is 0 Å². The molecule has 3 nitrogen and oxygen atoms in total. The molecule has 0 fully saturated rings. The molecule has 1 aliphatic rings. The van der Waals surface area contributed by atoms with Crippen LogP contribution < -0.4 is 10.6 Å². The highest BCUT2D eigenvalue weighted by Gasteiger charge is 2.23. The van der Waals surface area contributed by atoms with Gasteiger partial charge in [-0.25, -0.2) is 0 Å². The predicted molar refractivity (Wildman–Crippen MR) is 58.6 cm³/mol. The fourth-order valence-corrected chi connectivity index (χ4v) is 1.67. The zero-order valence-electron chi connectivity index (χ0n) is 8.59. The summed E-state index contributed by atoms with van der Waals surface area (Å²) in [4.78, 5) is 0. The van der Waals surface area contributed by atoms with Gasteiger partial charge in [0.05, 0.1) is 18.0 Å². The average molecular weight is 192 g/mol. The first-order valence-corrected chi connectivity index (χ1v) is 4.86. The van der Waals surface area contributed by atoms with E-state index in [1.165, 1.54) is 0 Å². The van der Waals surface area contributed by atoms with Gasteiger partial charge in [-0.1, -0.05) is 6.07 Å². The van der Waals surface area contributed by atoms with Gasteiger partial charge in [-0.2, -0.15) is 0 Å². The van der Waals surface area contributed by atoms with Crippen LogP contribution in [-0.2, 0) is 6.61 Å². The fourth-order valence-electron chi connectivity index (χ4n) is 1.67. The molecule has 3 N–H and O–H groups in total. The molecule has 1 heterocycles. The number of aliphatic hydroxyl groups excluding tert-OH is 1. The van der Waals surface area contributed by atoms with E-state index in [9.17, 15) is 0 Å². The van der Waals surface area contributed by atoms with Crippen molar-refractivity contribution in [2.24, 2.45) is 0 Å². The lowest BCUT2D eigenvalue weighted by atomic mass is 10.0. The van der Waals surface area contributed by atoms with E-state index in [1.54, 1.807) is 0 Å². The lowest BCUT2D eigenvalue weighted by Crippen LogP contribution is -2.42. The van der Waals surface area contributed by atoms with Crippen molar-refractivity contribution in [2.75, 3.05) is 17.2 Å². The maximum absolute atomic E-state index is 9.02. The van der Waals surface area contributed by atoms with Gasteiger partial charge < -0.3 is 15.7 Å². The quantitative estimate of drug-likeness (QED) is 0.635. The van der Waals surface area contributed by atoms with E-state index in [4.69, 9.17) is 5.11 Å². The average Bonchev–Trinajstić information content (AvgIpc) is 2.15. The Morgan fingerprint density at radius 1 is 1.36 bits per heavy atom. The SMILES string of the molecule is CC1(C)CNc2ccc(CO)cc2N1. The first-order chi connectivity index (χ1) is 6.61. The van der Waals surface area contributed by atoms with Crippen LogP contribution in [0.5, 0.6) is 0 Å². The molecule has 1 aromatic rings. The molecule has 0 saturated heterocycles. The van der Waals surface area contributed by atoms with Gasteiger partial charge in [0.2, 0.25) is 0 Å². The second kappa shape index (κ2) is 3.17. The van der Waals surface area contributed by atoms with Crippen molar-refractivity contribution >= 4 is 11.4 Å². The van der Waals surface area contributed by atoms with Crippen LogP contribution in [0.15, 0.2) is 18.2 Å². The molecule has 0 saturated carbocycles. The third-order valence-electron chi connectivity index (χ3n) is 2.46. The zero-order valence-corrected chi connectivity index (χ0v) is 8.59. The predicted octanol–water partition coefficient (Wildman–Crippen LogP) is 1.79. The first-order valence-electron chi connectivity index (χ1n) is 4.86. The van der Waals surface area contributed by atoms with Gasteiger partial charge in [0.25, 0.3) is 0 Å². The number of hydrogen-bond donors (Lipinski definition) is 3. The Morgan fingerprint density at radius 2 is 2.14 bits per heavy atom. The molecule has 0 aromatic heterocycles. The maximum Gasteiger partial charge on any atom is 0.0682 e. The standard InChI is InChI=1S/C11H16N2O/c1-11(2)7-12-9-4-3-8(6-14)5-10(9)13-11/h3-5,12-14H,6-7H2,1-2H3. The molecular weight excluding hydrogens is 176 g/mol. The van der Waals surface area contributed by atoms with Crippen molar-refractivity contribution in [1.29, 1.82) is 0 Å². The molecule has 2 rings (SSSR count). The third kappa shape index (κ3) is 1.68. The van der Waals surface area contributed by atoms with E-state index in [-0.39, 0.29) is 12.1 Å². The molecule has 14 heavy (non-hydrogen) atoms. The highest BCUT2D eigenvalue weighted by molar-refractivity contribution is 5.72. The summed E-state index contributed by atoms with van der Waals surface area (Å²) in [5.41, 5.74) is 3.20. The van der Waals surface area contributed by atoms with Gasteiger partial charge in [-0.05, 0) is 31.5 Å². The van der Waals surface area contributed by atoms with Gasteiger partial charge >= 0.3 is 0 Å². The highest BCUT2D eigenvalue weighted by Crippen LogP contribution is 2.30. The molecule has 1 aliphatic heterocycles. The molecule has 0 unspecified atom stereocenters. The summed E-state index contributed by atoms with van der Waals surface area (Å²) >= 11 is 0. The van der Waals surface area contributed by atoms with E-state index in [1.807, 2.05) is 18.2 Å². The molecule has 76 valence electrons. The van der Waals surface area contributed by atoms with Gasteiger partial charge in [-0.3, -0.25) is 0 Å². The van der Waals surface area contributed by atoms with Crippen molar-refractivity contribution < 1.29 is 5.11 Å². The van der Waals surface area contributed by atoms with Crippen LogP contribution >= 0.6 is 0 Å². The molecule has 3 heteroatoms. The van der Waals surface area contributed by atoms with Gasteiger partial charge in [-0.15, -0.1) is 0 Å². The number of anilines is 2. The Kier molecular flexibility index (Phi) is 2.11. The van der Waals surface area contributed by atoms with E-state index in [0.29, 0.717) is 0 Å². The molecular formula is C11H16N2O. The molecule has 0 aliphatic carbocycles. The van der Waals surface area contributed by atoms with E-state index in [0.717, 1.165) is 23.5 Å². The number of fused-ring (bicyclic) bond motifs is 1. The number of rotatable bonds is 1. The number of hydrogen-bond acceptors (Lipinski definition) is 3. The molecule has 0 radical (unpaired) electrons. The Labute approximate surface area is 84.1 Å². The Morgan fingerprint density at radius 3 is 2.86 bits per heavy atom. The van der Waals surface area contributed by atoms with Crippen molar-refractivity contribution in [1.82, 2.24) is 0 Å². The lowest BCUT2D eigenvalue weighted by Gasteiger charge is -2.34. The summed E-state index contributed by atoms with van der Waals surface area (Å²) in [6.45, 7) is 5.30. The zero-order chi connectivity index (χ0) is 10.2. The fraction of sp³-hybridized carbons (Fsp3) is 0.455. The second-order valence-electron chi connectivity index (χ2n) is 4.40. The van der Waals surface area contributed by atoms with Crippen LogP contribution in [0.3, 0.4) is 0 Å². The minimum absolute atomic E-state index is 0.0705. The second-order valence-corrected chi connectivity index (χ2v) is 4.40. The summed E-state index contributed by atoms with van der Waals surface area (Å²) in [6.07, 6.45) is 0. The summed E-state index contributed by atoms with van der Waals surface area (Å²) < 4.78 is 0. The van der Waals surface area contributed by atoms with Crippen LogP contribution in [0.4, 0.5) is 11.4 Å². The lowest BCUT2D eigenvalue weighted by molar-refractivity contribution is 0.282. The Hall–Kier alpha value is -1.22. The van der Waals surface area contributed by atoms with Crippen molar-refractivity contribution in [3.8, 4) is 0 Å². The monoisotopic (exact) mass is 192 g/mol. The highest BCUT2D eigenvalue weighted by atomic mass is 16.3. The van der Waals surface area contributed by atoms with Gasteiger partial charge in [0, 0.05) is 12.1 Å². The first kappa shape index (κ1) is 9.34. The number of aliphatic hydroxyl groups is 1. The molecule has 0 amide bonds. The number of nitrogens with one attached hydrogen (secondary N) is 2. The minimum atomic E-state index is 0.0705. The van der Waals surface area contributed by atoms with Crippen LogP contribution in [0.1, 0.15) is 19.4 Å². The maximum atomic E-state index is 9.02. The molecule has 0 bridgehead atoms. The normalized spacial score (nSPS) is 17.9. The van der Waals surface area contributed by atoms with Crippen LogP contribution in [-0.4, -0.2) is 17.2 Å². The van der Waals surface area contributed by atoms with Gasteiger partial charge in [0.1, 0.15) is 0 Å². The van der Waals surface area contributed by atoms with Gasteiger partial charge in [0.15, 0.2) is 0 Å². The van der Waals surface area contributed by atoms with E-state index < -0.39 is 0 Å². The minimum Gasteiger partial charge on any atom is -0.392 e. The van der Waals surface area contributed by atoms with Crippen LogP contribution in [0, 0.1) is 0 Å². The molecule has 1 aromatic carbocycles. The van der Waals surface area contributed by atoms with Crippen molar-refractivity contribution in [2.45, 2.75) is 26.0 Å². The Bertz CT molecular complexity index is 347. The van der Waals surface area contributed by atoms with Crippen LogP contribution in [0.25, 0.3) is 0 Å². The van der Waals surface area contributed by atoms with Crippen molar-refractivity contribution in [3.63, 3.8) is 0 Å². The smallest absolute Gasteiger partial charge is 0.0682 e.